The zero-order valence-electron chi connectivity index (χ0n) is 14.1. The van der Waals surface area contributed by atoms with Crippen LogP contribution in [-0.4, -0.2) is 23.2 Å². The van der Waals surface area contributed by atoms with Gasteiger partial charge < -0.3 is 4.90 Å². The number of nitrogens with zero attached hydrogens (tertiary/aromatic N) is 2. The van der Waals surface area contributed by atoms with Gasteiger partial charge >= 0.3 is 0 Å². The van der Waals surface area contributed by atoms with Gasteiger partial charge in [0.15, 0.2) is 0 Å². The second-order valence-corrected chi connectivity index (χ2v) is 7.17. The third-order valence-electron chi connectivity index (χ3n) is 4.47. The van der Waals surface area contributed by atoms with Gasteiger partial charge in [-0.05, 0) is 71.6 Å². The average Bonchev–Trinajstić information content (AvgIpc) is 3.11. The van der Waals surface area contributed by atoms with E-state index in [-0.39, 0.29) is 11.7 Å². The number of carbonyl (C=O) groups excluding carboxylic acids is 1. The fourth-order valence-electron chi connectivity index (χ4n) is 3.14. The van der Waals surface area contributed by atoms with Gasteiger partial charge in [-0.15, -0.1) is 11.8 Å². The second kappa shape index (κ2) is 7.30. The van der Waals surface area contributed by atoms with E-state index in [4.69, 9.17) is 0 Å². The molecule has 3 nitrogen and oxygen atoms in total. The summed E-state index contributed by atoms with van der Waals surface area (Å²) in [4.78, 5) is 19.4. The molecule has 0 atom stereocenters. The fraction of sp³-hybridized carbons (Fsp3) is 0.143. The largest absolute Gasteiger partial charge is 0.311 e. The van der Waals surface area contributed by atoms with E-state index in [1.165, 1.54) is 29.5 Å². The van der Waals surface area contributed by atoms with Crippen LogP contribution < -0.4 is 4.90 Å². The van der Waals surface area contributed by atoms with Crippen molar-refractivity contribution >= 4 is 23.4 Å². The molecule has 0 fully saturated rings. The Hall–Kier alpha value is -2.66. The summed E-state index contributed by atoms with van der Waals surface area (Å²) in [5.41, 5.74) is 4.45. The number of fused-ring (bicyclic) bond motifs is 1. The molecule has 0 unspecified atom stereocenters. The van der Waals surface area contributed by atoms with Gasteiger partial charge in [0.05, 0.1) is 5.75 Å². The van der Waals surface area contributed by atoms with Gasteiger partial charge in [-0.2, -0.15) is 0 Å². The summed E-state index contributed by atoms with van der Waals surface area (Å²) >= 11 is 1.43. The van der Waals surface area contributed by atoms with Crippen LogP contribution >= 0.6 is 11.8 Å². The monoisotopic (exact) mass is 364 g/mol. The number of hydrogen-bond donors (Lipinski definition) is 0. The molecule has 0 N–H and O–H groups in total. The minimum absolute atomic E-state index is 0.0785. The van der Waals surface area contributed by atoms with E-state index in [1.54, 1.807) is 24.5 Å². The number of thioether (sulfide) groups is 1. The molecule has 26 heavy (non-hydrogen) atoms. The van der Waals surface area contributed by atoms with E-state index >= 15 is 0 Å². The van der Waals surface area contributed by atoms with Crippen LogP contribution in [0.1, 0.15) is 5.56 Å². The van der Waals surface area contributed by atoms with Gasteiger partial charge in [0.1, 0.15) is 5.82 Å². The van der Waals surface area contributed by atoms with Crippen molar-refractivity contribution in [1.82, 2.24) is 4.98 Å². The molecule has 0 spiro atoms. The molecule has 0 saturated carbocycles. The summed E-state index contributed by atoms with van der Waals surface area (Å²) in [6.07, 6.45) is 4.43. The smallest absolute Gasteiger partial charge is 0.237 e. The standard InChI is InChI=1S/C21H17FN2OS/c22-18-2-4-19(5-3-18)26-14-21(25)24-12-9-17-13-16(1-6-20(17)24)15-7-10-23-11-8-15/h1-8,10-11,13H,9,12,14H2. The van der Waals surface area contributed by atoms with Gasteiger partial charge in [0.2, 0.25) is 5.91 Å². The maximum absolute atomic E-state index is 13.0. The van der Waals surface area contributed by atoms with Gasteiger partial charge in [-0.3, -0.25) is 9.78 Å². The van der Waals surface area contributed by atoms with Crippen LogP contribution in [0.3, 0.4) is 0 Å². The molecule has 1 aliphatic rings. The van der Waals surface area contributed by atoms with Crippen molar-refractivity contribution in [1.29, 1.82) is 0 Å². The molecule has 0 bridgehead atoms. The van der Waals surface area contributed by atoms with Crippen molar-refractivity contribution in [3.8, 4) is 11.1 Å². The Bertz CT molecular complexity index is 929. The number of halogens is 1. The van der Waals surface area contributed by atoms with Crippen LogP contribution in [-0.2, 0) is 11.2 Å². The molecule has 1 aliphatic heterocycles. The molecule has 1 aromatic heterocycles. The number of pyridine rings is 1. The Balaban J connectivity index is 1.47. The highest BCUT2D eigenvalue weighted by Crippen LogP contribution is 2.33. The van der Waals surface area contributed by atoms with Crippen LogP contribution in [0.2, 0.25) is 0 Å². The minimum atomic E-state index is -0.265. The first kappa shape index (κ1) is 16.8. The zero-order valence-corrected chi connectivity index (χ0v) is 14.9. The molecule has 2 aromatic carbocycles. The van der Waals surface area contributed by atoms with E-state index in [9.17, 15) is 9.18 Å². The van der Waals surface area contributed by atoms with E-state index in [1.807, 2.05) is 29.2 Å². The van der Waals surface area contributed by atoms with E-state index < -0.39 is 0 Å². The third-order valence-corrected chi connectivity index (χ3v) is 5.46. The first-order valence-electron chi connectivity index (χ1n) is 8.43. The topological polar surface area (TPSA) is 33.2 Å². The van der Waals surface area contributed by atoms with Gasteiger partial charge in [-0.1, -0.05) is 6.07 Å². The highest BCUT2D eigenvalue weighted by Gasteiger charge is 2.24. The first-order chi connectivity index (χ1) is 12.7. The van der Waals surface area contributed by atoms with Gasteiger partial charge in [-0.25, -0.2) is 4.39 Å². The first-order valence-corrected chi connectivity index (χ1v) is 9.41. The molecule has 0 radical (unpaired) electrons. The SMILES string of the molecule is O=C(CSc1ccc(F)cc1)N1CCc2cc(-c3ccncc3)ccc21. The highest BCUT2D eigenvalue weighted by molar-refractivity contribution is 8.00. The molecule has 0 aliphatic carbocycles. The summed E-state index contributed by atoms with van der Waals surface area (Å²) in [7, 11) is 0. The second-order valence-electron chi connectivity index (χ2n) is 6.12. The lowest BCUT2D eigenvalue weighted by Gasteiger charge is -2.17. The molecule has 3 aromatic rings. The average molecular weight is 364 g/mol. The summed E-state index contributed by atoms with van der Waals surface area (Å²) in [6, 6.07) is 16.4. The Kier molecular flexibility index (Phi) is 4.71. The lowest BCUT2D eigenvalue weighted by Crippen LogP contribution is -2.30. The van der Waals surface area contributed by atoms with Crippen LogP contribution in [0.4, 0.5) is 10.1 Å². The normalized spacial score (nSPS) is 12.9. The van der Waals surface area contributed by atoms with Crippen molar-refractivity contribution in [2.75, 3.05) is 17.2 Å². The molecule has 130 valence electrons. The number of rotatable bonds is 4. The van der Waals surface area contributed by atoms with Crippen molar-refractivity contribution in [3.63, 3.8) is 0 Å². The van der Waals surface area contributed by atoms with Crippen LogP contribution in [0.25, 0.3) is 11.1 Å². The van der Waals surface area contributed by atoms with Crippen LogP contribution in [0, 0.1) is 5.82 Å². The van der Waals surface area contributed by atoms with E-state index in [0.717, 1.165) is 28.1 Å². The summed E-state index contributed by atoms with van der Waals surface area (Å²) in [5, 5.41) is 0. The van der Waals surface area contributed by atoms with Crippen molar-refractivity contribution in [2.24, 2.45) is 0 Å². The Morgan fingerprint density at radius 2 is 1.81 bits per heavy atom. The Morgan fingerprint density at radius 1 is 1.04 bits per heavy atom. The number of aromatic nitrogens is 1. The summed E-state index contributed by atoms with van der Waals surface area (Å²) < 4.78 is 13.0. The predicted molar refractivity (Wildman–Crippen MR) is 103 cm³/mol. The lowest BCUT2D eigenvalue weighted by atomic mass is 10.0. The fourth-order valence-corrected chi connectivity index (χ4v) is 3.91. The molecule has 4 rings (SSSR count). The van der Waals surface area contributed by atoms with E-state index in [0.29, 0.717) is 12.3 Å². The minimum Gasteiger partial charge on any atom is -0.311 e. The van der Waals surface area contributed by atoms with Crippen molar-refractivity contribution in [3.05, 3.63) is 78.4 Å². The maximum atomic E-state index is 13.0. The Labute approximate surface area is 155 Å². The molecular weight excluding hydrogens is 347 g/mol. The molecule has 1 amide bonds. The van der Waals surface area contributed by atoms with E-state index in [2.05, 4.69) is 11.1 Å². The van der Waals surface area contributed by atoms with Crippen LogP contribution in [0.5, 0.6) is 0 Å². The third kappa shape index (κ3) is 3.48. The molecule has 2 heterocycles. The Morgan fingerprint density at radius 3 is 2.58 bits per heavy atom. The predicted octanol–water partition coefficient (Wildman–Crippen LogP) is 4.57. The summed E-state index contributed by atoms with van der Waals surface area (Å²) in [5.74, 6) is 0.158. The number of benzene rings is 2. The number of amides is 1. The molecular formula is C21H17FN2OS. The van der Waals surface area contributed by atoms with Gasteiger partial charge in [0.25, 0.3) is 0 Å². The zero-order chi connectivity index (χ0) is 17.9. The maximum Gasteiger partial charge on any atom is 0.237 e. The molecule has 0 saturated heterocycles. The quantitative estimate of drug-likeness (QED) is 0.636. The van der Waals surface area contributed by atoms with Gasteiger partial charge in [0, 0.05) is 29.5 Å². The molecule has 5 heteroatoms. The number of hydrogen-bond acceptors (Lipinski definition) is 3. The number of carbonyl (C=O) groups is 1. The highest BCUT2D eigenvalue weighted by atomic mass is 32.2. The van der Waals surface area contributed by atoms with Crippen molar-refractivity contribution < 1.29 is 9.18 Å². The lowest BCUT2D eigenvalue weighted by molar-refractivity contribution is -0.116. The van der Waals surface area contributed by atoms with Crippen LogP contribution in [0.15, 0.2) is 71.9 Å². The number of anilines is 1. The van der Waals surface area contributed by atoms with Crippen molar-refractivity contribution in [2.45, 2.75) is 11.3 Å². The summed E-state index contributed by atoms with van der Waals surface area (Å²) in [6.45, 7) is 0.706.